The summed E-state index contributed by atoms with van der Waals surface area (Å²) in [4.78, 5) is 38.2. The standard InChI is InChI=1S/C26H23ClN4O2S/c27-20-8-2-1-7-19(20)17-23-26(33)31(21-9-3-4-10-22(21)34-23)18-25(32)30-15-13-29(14-16-30)24-11-5-6-12-28-24/h1-12,17H,13-16,18H2. The molecule has 1 saturated heterocycles. The van der Waals surface area contributed by atoms with E-state index >= 15 is 0 Å². The minimum absolute atomic E-state index is 0.000143. The highest BCUT2D eigenvalue weighted by atomic mass is 35.5. The number of amides is 2. The second-order valence-electron chi connectivity index (χ2n) is 8.05. The molecule has 0 bridgehead atoms. The summed E-state index contributed by atoms with van der Waals surface area (Å²) in [7, 11) is 0. The highest BCUT2D eigenvalue weighted by Crippen LogP contribution is 2.42. The van der Waals surface area contributed by atoms with E-state index in [9.17, 15) is 9.59 Å². The van der Waals surface area contributed by atoms with Crippen molar-refractivity contribution in [2.24, 2.45) is 0 Å². The molecule has 0 radical (unpaired) electrons. The average Bonchev–Trinajstić information content (AvgIpc) is 2.88. The van der Waals surface area contributed by atoms with Gasteiger partial charge in [-0.15, -0.1) is 0 Å². The number of fused-ring (bicyclic) bond motifs is 1. The molecule has 0 saturated carbocycles. The lowest BCUT2D eigenvalue weighted by Gasteiger charge is -2.37. The number of hydrogen-bond donors (Lipinski definition) is 0. The Labute approximate surface area is 207 Å². The Kier molecular flexibility index (Phi) is 6.56. The zero-order chi connectivity index (χ0) is 23.5. The molecule has 0 atom stereocenters. The summed E-state index contributed by atoms with van der Waals surface area (Å²) < 4.78 is 0. The van der Waals surface area contributed by atoms with Crippen molar-refractivity contribution in [3.63, 3.8) is 0 Å². The van der Waals surface area contributed by atoms with Gasteiger partial charge in [-0.3, -0.25) is 14.5 Å². The molecule has 0 spiro atoms. The first-order valence-corrected chi connectivity index (χ1v) is 12.3. The maximum atomic E-state index is 13.5. The molecule has 3 aromatic rings. The van der Waals surface area contributed by atoms with Crippen LogP contribution in [0.1, 0.15) is 5.56 Å². The van der Waals surface area contributed by atoms with Crippen LogP contribution in [0, 0.1) is 0 Å². The summed E-state index contributed by atoms with van der Waals surface area (Å²) in [5.74, 6) is 0.665. The zero-order valence-corrected chi connectivity index (χ0v) is 20.0. The molecule has 0 unspecified atom stereocenters. The number of carbonyl (C=O) groups excluding carboxylic acids is 2. The molecule has 5 rings (SSSR count). The fourth-order valence-electron chi connectivity index (χ4n) is 4.11. The van der Waals surface area contributed by atoms with Crippen LogP contribution in [-0.4, -0.2) is 54.4 Å². The Hall–Kier alpha value is -3.29. The molecule has 3 heterocycles. The predicted molar refractivity (Wildman–Crippen MR) is 137 cm³/mol. The van der Waals surface area contributed by atoms with Gasteiger partial charge in [-0.05, 0) is 42.0 Å². The number of hydrogen-bond acceptors (Lipinski definition) is 5. The number of para-hydroxylation sites is 1. The largest absolute Gasteiger partial charge is 0.353 e. The lowest BCUT2D eigenvalue weighted by Crippen LogP contribution is -2.52. The van der Waals surface area contributed by atoms with E-state index in [0.717, 1.165) is 22.0 Å². The normalized spacial score (nSPS) is 17.1. The maximum Gasteiger partial charge on any atom is 0.265 e. The third-order valence-electron chi connectivity index (χ3n) is 5.92. The van der Waals surface area contributed by atoms with Crippen molar-refractivity contribution in [3.05, 3.63) is 88.4 Å². The molecule has 0 aliphatic carbocycles. The van der Waals surface area contributed by atoms with E-state index in [0.29, 0.717) is 36.1 Å². The lowest BCUT2D eigenvalue weighted by atomic mass is 10.2. The van der Waals surface area contributed by atoms with Crippen LogP contribution in [0.3, 0.4) is 0 Å². The predicted octanol–water partition coefficient (Wildman–Crippen LogP) is 4.56. The van der Waals surface area contributed by atoms with E-state index < -0.39 is 0 Å². The molecule has 8 heteroatoms. The summed E-state index contributed by atoms with van der Waals surface area (Å²) in [5.41, 5.74) is 1.53. The van der Waals surface area contributed by atoms with E-state index in [-0.39, 0.29) is 18.4 Å². The molecule has 0 N–H and O–H groups in total. The van der Waals surface area contributed by atoms with Gasteiger partial charge >= 0.3 is 0 Å². The van der Waals surface area contributed by atoms with Crippen molar-refractivity contribution in [2.75, 3.05) is 42.5 Å². The van der Waals surface area contributed by atoms with Gasteiger partial charge in [0.2, 0.25) is 5.91 Å². The monoisotopic (exact) mass is 490 g/mol. The van der Waals surface area contributed by atoms with Gasteiger partial charge < -0.3 is 9.80 Å². The first-order valence-electron chi connectivity index (χ1n) is 11.1. The number of benzene rings is 2. The Bertz CT molecular complexity index is 1240. The van der Waals surface area contributed by atoms with Crippen LogP contribution in [0.5, 0.6) is 0 Å². The molecule has 2 aromatic carbocycles. The summed E-state index contributed by atoms with van der Waals surface area (Å²) in [6, 6.07) is 20.9. The van der Waals surface area contributed by atoms with E-state index in [1.807, 2.05) is 65.6 Å². The molecule has 172 valence electrons. The third-order valence-corrected chi connectivity index (χ3v) is 7.34. The molecular weight excluding hydrogens is 468 g/mol. The molecule has 6 nitrogen and oxygen atoms in total. The average molecular weight is 491 g/mol. The smallest absolute Gasteiger partial charge is 0.265 e. The Balaban J connectivity index is 1.33. The number of thioether (sulfide) groups is 1. The highest BCUT2D eigenvalue weighted by molar-refractivity contribution is 8.04. The van der Waals surface area contributed by atoms with Crippen LogP contribution in [0.25, 0.3) is 6.08 Å². The Morgan fingerprint density at radius 1 is 0.971 bits per heavy atom. The minimum Gasteiger partial charge on any atom is -0.353 e. The number of aromatic nitrogens is 1. The molecular formula is C26H23ClN4O2S. The maximum absolute atomic E-state index is 13.5. The summed E-state index contributed by atoms with van der Waals surface area (Å²) in [6.07, 6.45) is 3.58. The lowest BCUT2D eigenvalue weighted by molar-refractivity contribution is -0.131. The van der Waals surface area contributed by atoms with E-state index in [2.05, 4.69) is 9.88 Å². The SMILES string of the molecule is O=C(CN1C(=O)C(=Cc2ccccc2Cl)Sc2ccccc21)N1CCN(c2ccccn2)CC1. The van der Waals surface area contributed by atoms with Crippen LogP contribution in [0.2, 0.25) is 5.02 Å². The molecule has 2 aliphatic heterocycles. The van der Waals surface area contributed by atoms with Gasteiger partial charge in [0.05, 0.1) is 10.6 Å². The number of pyridine rings is 1. The van der Waals surface area contributed by atoms with Gasteiger partial charge in [-0.25, -0.2) is 4.98 Å². The number of anilines is 2. The van der Waals surface area contributed by atoms with Crippen LogP contribution >= 0.6 is 23.4 Å². The number of rotatable bonds is 4. The summed E-state index contributed by atoms with van der Waals surface area (Å²) in [6.45, 7) is 2.60. The number of carbonyl (C=O) groups is 2. The summed E-state index contributed by atoms with van der Waals surface area (Å²) in [5, 5.41) is 0.579. The minimum atomic E-state index is -0.191. The van der Waals surface area contributed by atoms with Gasteiger partial charge in [-0.1, -0.05) is 59.8 Å². The van der Waals surface area contributed by atoms with Crippen molar-refractivity contribution in [2.45, 2.75) is 4.90 Å². The van der Waals surface area contributed by atoms with Crippen LogP contribution < -0.4 is 9.80 Å². The Morgan fingerprint density at radius 3 is 2.47 bits per heavy atom. The van der Waals surface area contributed by atoms with Gasteiger partial charge in [0.25, 0.3) is 5.91 Å². The van der Waals surface area contributed by atoms with Crippen molar-refractivity contribution in [1.29, 1.82) is 0 Å². The summed E-state index contributed by atoms with van der Waals surface area (Å²) >= 11 is 7.73. The molecule has 1 aromatic heterocycles. The van der Waals surface area contributed by atoms with E-state index in [4.69, 9.17) is 11.6 Å². The van der Waals surface area contributed by atoms with Crippen molar-refractivity contribution >= 4 is 52.8 Å². The molecule has 2 aliphatic rings. The fraction of sp³-hybridized carbons (Fsp3) is 0.192. The topological polar surface area (TPSA) is 56.8 Å². The van der Waals surface area contributed by atoms with Gasteiger partial charge in [0.15, 0.2) is 0 Å². The van der Waals surface area contributed by atoms with Crippen LogP contribution in [0.15, 0.2) is 82.7 Å². The van der Waals surface area contributed by atoms with E-state index in [1.165, 1.54) is 11.8 Å². The van der Waals surface area contributed by atoms with Crippen molar-refractivity contribution in [3.8, 4) is 0 Å². The molecule has 34 heavy (non-hydrogen) atoms. The number of nitrogens with zero attached hydrogens (tertiary/aromatic N) is 4. The number of piperazine rings is 1. The first kappa shape index (κ1) is 22.5. The third kappa shape index (κ3) is 4.67. The molecule has 1 fully saturated rings. The van der Waals surface area contributed by atoms with Crippen LogP contribution in [-0.2, 0) is 9.59 Å². The first-order chi connectivity index (χ1) is 16.6. The second-order valence-corrected chi connectivity index (χ2v) is 9.54. The number of halogens is 1. The zero-order valence-electron chi connectivity index (χ0n) is 18.4. The molecule has 2 amide bonds. The van der Waals surface area contributed by atoms with Gasteiger partial charge in [0, 0.05) is 42.3 Å². The van der Waals surface area contributed by atoms with Crippen molar-refractivity contribution in [1.82, 2.24) is 9.88 Å². The van der Waals surface area contributed by atoms with Crippen molar-refractivity contribution < 1.29 is 9.59 Å². The van der Waals surface area contributed by atoms with Crippen LogP contribution in [0.4, 0.5) is 11.5 Å². The quantitative estimate of drug-likeness (QED) is 0.502. The second kappa shape index (κ2) is 9.91. The van der Waals surface area contributed by atoms with Gasteiger partial charge in [0.1, 0.15) is 12.4 Å². The fourth-order valence-corrected chi connectivity index (χ4v) is 5.35. The van der Waals surface area contributed by atoms with E-state index in [1.54, 1.807) is 23.2 Å². The van der Waals surface area contributed by atoms with Gasteiger partial charge in [-0.2, -0.15) is 0 Å². The Morgan fingerprint density at radius 2 is 1.71 bits per heavy atom. The highest BCUT2D eigenvalue weighted by Gasteiger charge is 2.32.